The number of nitrogens with zero attached hydrogens (tertiary/aromatic N) is 1. The van der Waals surface area contributed by atoms with Crippen molar-refractivity contribution < 1.29 is 0 Å². The molecule has 0 radical (unpaired) electrons. The summed E-state index contributed by atoms with van der Waals surface area (Å²) in [4.78, 5) is 4.06. The minimum absolute atomic E-state index is 0.489. The topological polar surface area (TPSA) is 38.9 Å². The van der Waals surface area contributed by atoms with Crippen LogP contribution in [0.5, 0.6) is 0 Å². The van der Waals surface area contributed by atoms with Crippen molar-refractivity contribution in [3.63, 3.8) is 0 Å². The highest BCUT2D eigenvalue weighted by molar-refractivity contribution is 6.17. The molecule has 54 valence electrons. The Kier molecular flexibility index (Phi) is 2.66. The van der Waals surface area contributed by atoms with Crippen molar-refractivity contribution in [1.82, 2.24) is 4.98 Å². The number of aromatic nitrogens is 1. The molecule has 0 atom stereocenters. The SMILES string of the molecule is NCc1ccc(CCl)cn1. The predicted octanol–water partition coefficient (Wildman–Crippen LogP) is 1.28. The van der Waals surface area contributed by atoms with E-state index in [2.05, 4.69) is 4.98 Å². The number of alkyl halides is 1. The van der Waals surface area contributed by atoms with Crippen LogP contribution >= 0.6 is 11.6 Å². The lowest BCUT2D eigenvalue weighted by Gasteiger charge is -1.95. The van der Waals surface area contributed by atoms with Gasteiger partial charge in [0.15, 0.2) is 0 Å². The fourth-order valence-corrected chi connectivity index (χ4v) is 0.813. The summed E-state index contributed by atoms with van der Waals surface area (Å²) in [6, 6.07) is 3.82. The van der Waals surface area contributed by atoms with Crippen LogP contribution in [0.15, 0.2) is 18.3 Å². The van der Waals surface area contributed by atoms with Crippen molar-refractivity contribution in [3.05, 3.63) is 29.6 Å². The standard InChI is InChI=1S/C7H9ClN2/c8-3-6-1-2-7(4-9)10-5-6/h1-2,5H,3-4,9H2. The average Bonchev–Trinajstić information content (AvgIpc) is 2.05. The summed E-state index contributed by atoms with van der Waals surface area (Å²) in [5.74, 6) is 0.512. The molecule has 0 aliphatic heterocycles. The number of halogens is 1. The first kappa shape index (κ1) is 7.51. The quantitative estimate of drug-likeness (QED) is 0.656. The Morgan fingerprint density at radius 1 is 1.50 bits per heavy atom. The van der Waals surface area contributed by atoms with Gasteiger partial charge in [-0.3, -0.25) is 4.98 Å². The summed E-state index contributed by atoms with van der Waals surface area (Å²) in [7, 11) is 0. The number of hydrogen-bond acceptors (Lipinski definition) is 2. The third-order valence-electron chi connectivity index (χ3n) is 1.25. The van der Waals surface area contributed by atoms with Gasteiger partial charge in [0.2, 0.25) is 0 Å². The van der Waals surface area contributed by atoms with E-state index < -0.39 is 0 Å². The van der Waals surface area contributed by atoms with E-state index in [0.29, 0.717) is 12.4 Å². The van der Waals surface area contributed by atoms with Gasteiger partial charge in [-0.25, -0.2) is 0 Å². The van der Waals surface area contributed by atoms with Gasteiger partial charge in [-0.2, -0.15) is 0 Å². The second-order valence-electron chi connectivity index (χ2n) is 2.00. The molecule has 1 heterocycles. The van der Waals surface area contributed by atoms with Crippen molar-refractivity contribution in [2.24, 2.45) is 5.73 Å². The number of rotatable bonds is 2. The Labute approximate surface area is 65.0 Å². The molecule has 1 rings (SSSR count). The second-order valence-corrected chi connectivity index (χ2v) is 2.26. The maximum atomic E-state index is 5.55. The van der Waals surface area contributed by atoms with Crippen molar-refractivity contribution in [1.29, 1.82) is 0 Å². The highest BCUT2D eigenvalue weighted by Gasteiger charge is 1.90. The van der Waals surface area contributed by atoms with Crippen LogP contribution in [-0.2, 0) is 12.4 Å². The Morgan fingerprint density at radius 2 is 2.30 bits per heavy atom. The molecule has 10 heavy (non-hydrogen) atoms. The highest BCUT2D eigenvalue weighted by atomic mass is 35.5. The molecule has 3 heteroatoms. The summed E-state index contributed by atoms with van der Waals surface area (Å²) >= 11 is 5.55. The Balaban J connectivity index is 2.80. The molecule has 0 unspecified atom stereocenters. The zero-order chi connectivity index (χ0) is 7.40. The highest BCUT2D eigenvalue weighted by Crippen LogP contribution is 2.02. The van der Waals surface area contributed by atoms with Crippen molar-refractivity contribution >= 4 is 11.6 Å². The first-order valence-corrected chi connectivity index (χ1v) is 3.60. The average molecular weight is 157 g/mol. The van der Waals surface area contributed by atoms with Crippen LogP contribution in [0.3, 0.4) is 0 Å². The summed E-state index contributed by atoms with van der Waals surface area (Å²) in [6.45, 7) is 0.489. The maximum Gasteiger partial charge on any atom is 0.0539 e. The molecule has 0 saturated carbocycles. The van der Waals surface area contributed by atoms with Crippen LogP contribution in [0.25, 0.3) is 0 Å². The fourth-order valence-electron chi connectivity index (χ4n) is 0.655. The normalized spacial score (nSPS) is 9.80. The molecule has 0 fully saturated rings. The predicted molar refractivity (Wildman–Crippen MR) is 41.7 cm³/mol. The van der Waals surface area contributed by atoms with Gasteiger partial charge in [0.1, 0.15) is 0 Å². The molecule has 2 nitrogen and oxygen atoms in total. The molecule has 0 aromatic carbocycles. The maximum absolute atomic E-state index is 5.55. The minimum atomic E-state index is 0.489. The van der Waals surface area contributed by atoms with Crippen LogP contribution in [-0.4, -0.2) is 4.98 Å². The van der Waals surface area contributed by atoms with E-state index in [4.69, 9.17) is 17.3 Å². The van der Waals surface area contributed by atoms with Gasteiger partial charge in [-0.1, -0.05) is 6.07 Å². The van der Waals surface area contributed by atoms with E-state index in [1.54, 1.807) is 6.20 Å². The van der Waals surface area contributed by atoms with E-state index >= 15 is 0 Å². The number of nitrogens with two attached hydrogens (primary N) is 1. The van der Waals surface area contributed by atoms with Crippen molar-refractivity contribution in [3.8, 4) is 0 Å². The molecule has 0 aliphatic carbocycles. The lowest BCUT2D eigenvalue weighted by Crippen LogP contribution is -1.98. The van der Waals surface area contributed by atoms with Crippen LogP contribution in [0.4, 0.5) is 0 Å². The van der Waals surface area contributed by atoms with Crippen LogP contribution in [0, 0.1) is 0 Å². The number of hydrogen-bond donors (Lipinski definition) is 1. The van der Waals surface area contributed by atoms with E-state index in [0.717, 1.165) is 11.3 Å². The summed E-state index contributed by atoms with van der Waals surface area (Å²) in [6.07, 6.45) is 1.75. The molecular weight excluding hydrogens is 148 g/mol. The van der Waals surface area contributed by atoms with Crippen LogP contribution in [0.2, 0.25) is 0 Å². The van der Waals surface area contributed by atoms with Crippen molar-refractivity contribution in [2.75, 3.05) is 0 Å². The van der Waals surface area contributed by atoms with E-state index in [1.807, 2.05) is 12.1 Å². The van der Waals surface area contributed by atoms with Crippen LogP contribution in [0.1, 0.15) is 11.3 Å². The third kappa shape index (κ3) is 1.69. The lowest BCUT2D eigenvalue weighted by atomic mass is 10.3. The molecule has 0 aliphatic rings. The van der Waals surface area contributed by atoms with Gasteiger partial charge in [0.25, 0.3) is 0 Å². The monoisotopic (exact) mass is 156 g/mol. The Bertz CT molecular complexity index is 172. The molecule has 0 amide bonds. The summed E-state index contributed by atoms with van der Waals surface area (Å²) in [5.41, 5.74) is 7.27. The van der Waals surface area contributed by atoms with Gasteiger partial charge < -0.3 is 5.73 Å². The zero-order valence-corrected chi connectivity index (χ0v) is 6.30. The van der Waals surface area contributed by atoms with Gasteiger partial charge in [0, 0.05) is 18.6 Å². The molecular formula is C7H9ClN2. The van der Waals surface area contributed by atoms with Gasteiger partial charge in [-0.15, -0.1) is 11.6 Å². The fraction of sp³-hybridized carbons (Fsp3) is 0.286. The second kappa shape index (κ2) is 3.54. The molecule has 1 aromatic rings. The van der Waals surface area contributed by atoms with Crippen LogP contribution < -0.4 is 5.73 Å². The van der Waals surface area contributed by atoms with Crippen molar-refractivity contribution in [2.45, 2.75) is 12.4 Å². The zero-order valence-electron chi connectivity index (χ0n) is 5.55. The molecule has 0 bridgehead atoms. The molecule has 0 saturated heterocycles. The van der Waals surface area contributed by atoms with E-state index in [1.165, 1.54) is 0 Å². The van der Waals surface area contributed by atoms with Gasteiger partial charge >= 0.3 is 0 Å². The molecule has 0 spiro atoms. The lowest BCUT2D eigenvalue weighted by molar-refractivity contribution is 0.983. The van der Waals surface area contributed by atoms with E-state index in [-0.39, 0.29) is 0 Å². The smallest absolute Gasteiger partial charge is 0.0539 e. The Morgan fingerprint density at radius 3 is 2.70 bits per heavy atom. The van der Waals surface area contributed by atoms with Gasteiger partial charge in [-0.05, 0) is 11.6 Å². The molecule has 1 aromatic heterocycles. The largest absolute Gasteiger partial charge is 0.325 e. The number of pyridine rings is 1. The van der Waals surface area contributed by atoms with E-state index in [9.17, 15) is 0 Å². The minimum Gasteiger partial charge on any atom is -0.325 e. The Hall–Kier alpha value is -0.600. The molecule has 2 N–H and O–H groups in total. The summed E-state index contributed by atoms with van der Waals surface area (Å²) in [5, 5.41) is 0. The third-order valence-corrected chi connectivity index (χ3v) is 1.56. The van der Waals surface area contributed by atoms with Gasteiger partial charge in [0.05, 0.1) is 5.69 Å². The first-order valence-electron chi connectivity index (χ1n) is 3.06. The first-order chi connectivity index (χ1) is 4.86. The summed E-state index contributed by atoms with van der Waals surface area (Å²) < 4.78 is 0.